The van der Waals surface area contributed by atoms with Gasteiger partial charge in [-0.25, -0.2) is 0 Å². The molecule has 0 fully saturated rings. The molecule has 0 radical (unpaired) electrons. The van der Waals surface area contributed by atoms with E-state index < -0.39 is 17.4 Å². The summed E-state index contributed by atoms with van der Waals surface area (Å²) < 4.78 is 0. The zero-order valence-electron chi connectivity index (χ0n) is 12.6. The van der Waals surface area contributed by atoms with Gasteiger partial charge in [0.15, 0.2) is 0 Å². The lowest BCUT2D eigenvalue weighted by atomic mass is 10.1. The Hall–Kier alpha value is -1.89. The van der Waals surface area contributed by atoms with E-state index in [1.165, 1.54) is 28.2 Å². The molecule has 0 unspecified atom stereocenters. The quantitative estimate of drug-likeness (QED) is 0.894. The van der Waals surface area contributed by atoms with Gasteiger partial charge in [0.25, 0.3) is 5.91 Å². The minimum absolute atomic E-state index is 0.152. The van der Waals surface area contributed by atoms with Crippen molar-refractivity contribution >= 4 is 29.1 Å². The van der Waals surface area contributed by atoms with Crippen LogP contribution >= 0.6 is 11.3 Å². The maximum Gasteiger partial charge on any atom is 0.323 e. The molecule has 0 aliphatic heterocycles. The van der Waals surface area contributed by atoms with Crippen molar-refractivity contribution in [3.63, 3.8) is 0 Å². The Morgan fingerprint density at radius 2 is 1.86 bits per heavy atom. The number of carboxylic acids is 1. The molecule has 0 atom stereocenters. The second-order valence-corrected chi connectivity index (χ2v) is 6.63. The zero-order chi connectivity index (χ0) is 16.2. The summed E-state index contributed by atoms with van der Waals surface area (Å²) >= 11 is 1.30. The van der Waals surface area contributed by atoms with Crippen LogP contribution in [0.15, 0.2) is 17.5 Å². The summed E-state index contributed by atoms with van der Waals surface area (Å²) in [5.41, 5.74) is -0.623. The number of nitrogens with zero attached hydrogens (tertiary/aromatic N) is 2. The van der Waals surface area contributed by atoms with Crippen molar-refractivity contribution in [2.75, 3.05) is 20.1 Å². The van der Waals surface area contributed by atoms with E-state index in [0.29, 0.717) is 4.88 Å². The molecule has 1 heterocycles. The van der Waals surface area contributed by atoms with Gasteiger partial charge in [0, 0.05) is 12.6 Å². The number of hydrogen-bond acceptors (Lipinski definition) is 4. The first-order chi connectivity index (χ1) is 9.62. The number of thiophene rings is 1. The fourth-order valence-corrected chi connectivity index (χ4v) is 2.50. The smallest absolute Gasteiger partial charge is 0.323 e. The van der Waals surface area contributed by atoms with E-state index in [9.17, 15) is 14.4 Å². The standard InChI is InChI=1S/C14H20N2O4S/c1-14(2,3)16(9-12(18)19)11(17)8-15(4)13(20)10-6-5-7-21-10/h5-7H,8-9H2,1-4H3,(H,18,19). The number of carbonyl (C=O) groups is 3. The molecule has 1 aromatic heterocycles. The first-order valence-electron chi connectivity index (χ1n) is 6.44. The molecule has 0 spiro atoms. The fourth-order valence-electron chi connectivity index (χ4n) is 1.78. The van der Waals surface area contributed by atoms with Gasteiger partial charge in [0.2, 0.25) is 5.91 Å². The molecule has 7 heteroatoms. The van der Waals surface area contributed by atoms with Crippen molar-refractivity contribution in [1.29, 1.82) is 0 Å². The highest BCUT2D eigenvalue weighted by Gasteiger charge is 2.29. The molecule has 0 saturated heterocycles. The Bertz CT molecular complexity index is 520. The minimum Gasteiger partial charge on any atom is -0.480 e. The summed E-state index contributed by atoms with van der Waals surface area (Å²) in [6.45, 7) is 4.74. The Labute approximate surface area is 128 Å². The number of amides is 2. The van der Waals surface area contributed by atoms with Gasteiger partial charge in [-0.15, -0.1) is 11.3 Å². The van der Waals surface area contributed by atoms with Gasteiger partial charge in [-0.05, 0) is 32.2 Å². The number of carbonyl (C=O) groups excluding carboxylic acids is 2. The maximum absolute atomic E-state index is 12.3. The Morgan fingerprint density at radius 3 is 2.29 bits per heavy atom. The van der Waals surface area contributed by atoms with E-state index in [2.05, 4.69) is 0 Å². The van der Waals surface area contributed by atoms with Gasteiger partial charge in [-0.2, -0.15) is 0 Å². The molecule has 0 aromatic carbocycles. The molecule has 1 aromatic rings. The Kier molecular flexibility index (Phi) is 5.48. The summed E-state index contributed by atoms with van der Waals surface area (Å²) in [7, 11) is 1.53. The minimum atomic E-state index is -1.08. The number of carboxylic acid groups (broad SMARTS) is 1. The van der Waals surface area contributed by atoms with E-state index in [4.69, 9.17) is 5.11 Å². The Balaban J connectivity index is 2.77. The SMILES string of the molecule is CN(CC(=O)N(CC(=O)O)C(C)(C)C)C(=O)c1cccs1. The second-order valence-electron chi connectivity index (χ2n) is 5.68. The molecular weight excluding hydrogens is 292 g/mol. The number of rotatable bonds is 5. The van der Waals surface area contributed by atoms with Crippen LogP contribution in [-0.2, 0) is 9.59 Å². The molecule has 0 aliphatic rings. The van der Waals surface area contributed by atoms with Crippen LogP contribution in [0.2, 0.25) is 0 Å². The van der Waals surface area contributed by atoms with Crippen molar-refractivity contribution in [3.8, 4) is 0 Å². The lowest BCUT2D eigenvalue weighted by molar-refractivity contribution is -0.148. The predicted molar refractivity (Wildman–Crippen MR) is 80.4 cm³/mol. The van der Waals surface area contributed by atoms with Crippen LogP contribution in [0.4, 0.5) is 0 Å². The summed E-state index contributed by atoms with van der Waals surface area (Å²) in [4.78, 5) is 38.4. The monoisotopic (exact) mass is 312 g/mol. The summed E-state index contributed by atoms with van der Waals surface area (Å²) in [5, 5.41) is 10.7. The topological polar surface area (TPSA) is 77.9 Å². The van der Waals surface area contributed by atoms with Crippen LogP contribution in [0, 0.1) is 0 Å². The summed E-state index contributed by atoms with van der Waals surface area (Å²) in [6, 6.07) is 3.45. The number of aliphatic carboxylic acids is 1. The summed E-state index contributed by atoms with van der Waals surface area (Å²) in [6.07, 6.45) is 0. The highest BCUT2D eigenvalue weighted by molar-refractivity contribution is 7.12. The average molecular weight is 312 g/mol. The van der Waals surface area contributed by atoms with Crippen LogP contribution in [0.5, 0.6) is 0 Å². The third kappa shape index (κ3) is 4.86. The van der Waals surface area contributed by atoms with Crippen LogP contribution in [0.25, 0.3) is 0 Å². The number of hydrogen-bond donors (Lipinski definition) is 1. The van der Waals surface area contributed by atoms with Crippen LogP contribution in [0.1, 0.15) is 30.4 Å². The maximum atomic E-state index is 12.3. The van der Waals surface area contributed by atoms with Gasteiger partial charge in [0.1, 0.15) is 6.54 Å². The van der Waals surface area contributed by atoms with Crippen molar-refractivity contribution < 1.29 is 19.5 Å². The largest absolute Gasteiger partial charge is 0.480 e. The van der Waals surface area contributed by atoms with E-state index in [0.717, 1.165) is 0 Å². The van der Waals surface area contributed by atoms with Gasteiger partial charge in [-0.3, -0.25) is 14.4 Å². The first kappa shape index (κ1) is 17.2. The fraction of sp³-hybridized carbons (Fsp3) is 0.500. The van der Waals surface area contributed by atoms with E-state index in [1.807, 2.05) is 0 Å². The Morgan fingerprint density at radius 1 is 1.24 bits per heavy atom. The molecule has 2 amide bonds. The third-order valence-electron chi connectivity index (χ3n) is 2.86. The molecule has 1 N–H and O–H groups in total. The van der Waals surface area contributed by atoms with E-state index in [1.54, 1.807) is 38.3 Å². The lowest BCUT2D eigenvalue weighted by Crippen LogP contribution is -2.51. The lowest BCUT2D eigenvalue weighted by Gasteiger charge is -2.35. The third-order valence-corrected chi connectivity index (χ3v) is 3.71. The van der Waals surface area contributed by atoms with Gasteiger partial charge < -0.3 is 14.9 Å². The molecule has 6 nitrogen and oxygen atoms in total. The van der Waals surface area contributed by atoms with Gasteiger partial charge in [-0.1, -0.05) is 6.07 Å². The highest BCUT2D eigenvalue weighted by Crippen LogP contribution is 2.15. The normalized spacial score (nSPS) is 11.0. The molecule has 1 rings (SSSR count). The van der Waals surface area contributed by atoms with Gasteiger partial charge >= 0.3 is 5.97 Å². The second kappa shape index (κ2) is 6.71. The first-order valence-corrected chi connectivity index (χ1v) is 7.32. The molecule has 0 saturated carbocycles. The average Bonchev–Trinajstić information content (AvgIpc) is 2.86. The molecule has 21 heavy (non-hydrogen) atoms. The predicted octanol–water partition coefficient (Wildman–Crippen LogP) is 1.53. The molecule has 0 aliphatic carbocycles. The zero-order valence-corrected chi connectivity index (χ0v) is 13.4. The van der Waals surface area contributed by atoms with E-state index >= 15 is 0 Å². The molecule has 0 bridgehead atoms. The van der Waals surface area contributed by atoms with Crippen molar-refractivity contribution in [2.24, 2.45) is 0 Å². The van der Waals surface area contributed by atoms with Crippen LogP contribution in [0.3, 0.4) is 0 Å². The van der Waals surface area contributed by atoms with Gasteiger partial charge in [0.05, 0.1) is 11.4 Å². The summed E-state index contributed by atoms with van der Waals surface area (Å²) in [5.74, 6) is -1.72. The van der Waals surface area contributed by atoms with Crippen molar-refractivity contribution in [1.82, 2.24) is 9.80 Å². The van der Waals surface area contributed by atoms with Crippen molar-refractivity contribution in [3.05, 3.63) is 22.4 Å². The number of likely N-dealkylation sites (N-methyl/N-ethyl adjacent to an activating group) is 1. The van der Waals surface area contributed by atoms with Crippen molar-refractivity contribution in [2.45, 2.75) is 26.3 Å². The van der Waals surface area contributed by atoms with E-state index in [-0.39, 0.29) is 19.0 Å². The van der Waals surface area contributed by atoms with Crippen LogP contribution in [-0.4, -0.2) is 58.4 Å². The highest BCUT2D eigenvalue weighted by atomic mass is 32.1. The molecule has 116 valence electrons. The molecular formula is C14H20N2O4S. The van der Waals surface area contributed by atoms with Crippen LogP contribution < -0.4 is 0 Å².